The minimum Gasteiger partial charge on any atom is -0.345 e. The normalized spacial score (nSPS) is 11.7. The van der Waals surface area contributed by atoms with Gasteiger partial charge in [0.25, 0.3) is 5.91 Å². The summed E-state index contributed by atoms with van der Waals surface area (Å²) in [7, 11) is 0. The van der Waals surface area contributed by atoms with Gasteiger partial charge in [-0.2, -0.15) is 5.10 Å². The number of amides is 2. The highest BCUT2D eigenvalue weighted by Gasteiger charge is 2.25. The maximum Gasteiger partial charge on any atom is 0.310 e. The lowest BCUT2D eigenvalue weighted by atomic mass is 10.0. The van der Waals surface area contributed by atoms with Crippen molar-refractivity contribution in [2.24, 2.45) is 5.92 Å². The van der Waals surface area contributed by atoms with Crippen molar-refractivity contribution in [3.63, 3.8) is 0 Å². The van der Waals surface area contributed by atoms with Crippen LogP contribution in [-0.4, -0.2) is 39.0 Å². The van der Waals surface area contributed by atoms with Gasteiger partial charge in [0, 0.05) is 24.4 Å². The van der Waals surface area contributed by atoms with Crippen LogP contribution in [0.4, 0.5) is 0 Å². The van der Waals surface area contributed by atoms with Gasteiger partial charge in [0.15, 0.2) is 5.82 Å². The zero-order valence-electron chi connectivity index (χ0n) is 21.2. The molecule has 2 aromatic carbocycles. The molecule has 2 amide bonds. The SMILES string of the molecule is CC(C)CONC(=O)C(=O)CC(NC(=O)c1cccnc1-n1ccc(-c2ccccc2)n1)c1ccccc1. The Morgan fingerprint density at radius 1 is 0.921 bits per heavy atom. The summed E-state index contributed by atoms with van der Waals surface area (Å²) >= 11 is 0. The van der Waals surface area contributed by atoms with Crippen LogP contribution in [0.15, 0.2) is 91.3 Å². The van der Waals surface area contributed by atoms with E-state index in [1.54, 1.807) is 53.5 Å². The van der Waals surface area contributed by atoms with Crippen LogP contribution >= 0.6 is 0 Å². The second-order valence-corrected chi connectivity index (χ2v) is 9.09. The summed E-state index contributed by atoms with van der Waals surface area (Å²) in [5.74, 6) is -1.51. The standard InChI is InChI=1S/C29H29N5O4/c1-20(2)19-38-33-29(37)26(35)18-25(22-12-7-4-8-13-22)31-28(36)23-14-9-16-30-27(23)34-17-15-24(32-34)21-10-5-3-6-11-21/h3-17,20,25H,18-19H2,1-2H3,(H,31,36)(H,33,37). The Morgan fingerprint density at radius 2 is 1.63 bits per heavy atom. The van der Waals surface area contributed by atoms with E-state index >= 15 is 0 Å². The molecule has 2 heterocycles. The van der Waals surface area contributed by atoms with Crippen molar-refractivity contribution in [1.29, 1.82) is 0 Å². The number of aromatic nitrogens is 3. The number of rotatable bonds is 11. The highest BCUT2D eigenvalue weighted by Crippen LogP contribution is 2.21. The molecule has 2 N–H and O–H groups in total. The third kappa shape index (κ3) is 6.77. The van der Waals surface area contributed by atoms with Gasteiger partial charge < -0.3 is 5.32 Å². The van der Waals surface area contributed by atoms with Crippen molar-refractivity contribution >= 4 is 17.6 Å². The molecule has 0 spiro atoms. The average Bonchev–Trinajstić information content (AvgIpc) is 3.43. The van der Waals surface area contributed by atoms with E-state index in [0.717, 1.165) is 11.3 Å². The molecule has 2 aromatic heterocycles. The van der Waals surface area contributed by atoms with Crippen LogP contribution in [0, 0.1) is 5.92 Å². The summed E-state index contributed by atoms with van der Waals surface area (Å²) in [6, 6.07) is 23.1. The van der Waals surface area contributed by atoms with Crippen molar-refractivity contribution < 1.29 is 19.2 Å². The second kappa shape index (κ2) is 12.6. The highest BCUT2D eigenvalue weighted by atomic mass is 16.7. The molecule has 9 heteroatoms. The third-order valence-corrected chi connectivity index (χ3v) is 5.64. The van der Waals surface area contributed by atoms with E-state index in [1.165, 1.54) is 0 Å². The van der Waals surface area contributed by atoms with Crippen molar-refractivity contribution in [3.05, 3.63) is 102 Å². The molecule has 1 unspecified atom stereocenters. The second-order valence-electron chi connectivity index (χ2n) is 9.09. The fourth-order valence-corrected chi connectivity index (χ4v) is 3.74. The molecule has 0 radical (unpaired) electrons. The van der Waals surface area contributed by atoms with E-state index in [-0.39, 0.29) is 24.5 Å². The fraction of sp³-hybridized carbons (Fsp3) is 0.207. The van der Waals surface area contributed by atoms with Crippen LogP contribution in [0.5, 0.6) is 0 Å². The largest absolute Gasteiger partial charge is 0.345 e. The van der Waals surface area contributed by atoms with Gasteiger partial charge in [-0.1, -0.05) is 74.5 Å². The van der Waals surface area contributed by atoms with Crippen molar-refractivity contribution in [2.45, 2.75) is 26.3 Å². The van der Waals surface area contributed by atoms with Crippen LogP contribution < -0.4 is 10.8 Å². The Bertz CT molecular complexity index is 1390. The van der Waals surface area contributed by atoms with Gasteiger partial charge >= 0.3 is 5.91 Å². The Hall–Kier alpha value is -4.63. The maximum absolute atomic E-state index is 13.5. The minimum absolute atomic E-state index is 0.189. The van der Waals surface area contributed by atoms with Crippen molar-refractivity contribution in [2.75, 3.05) is 6.61 Å². The number of hydroxylamine groups is 1. The summed E-state index contributed by atoms with van der Waals surface area (Å²) in [6.07, 6.45) is 3.07. The molecule has 38 heavy (non-hydrogen) atoms. The first kappa shape index (κ1) is 26.4. The molecule has 194 valence electrons. The van der Waals surface area contributed by atoms with Crippen LogP contribution in [-0.2, 0) is 14.4 Å². The molecule has 0 aliphatic heterocycles. The monoisotopic (exact) mass is 511 g/mol. The van der Waals surface area contributed by atoms with Gasteiger partial charge in [-0.15, -0.1) is 0 Å². The molecule has 0 aliphatic carbocycles. The van der Waals surface area contributed by atoms with E-state index in [9.17, 15) is 14.4 Å². The number of carbonyl (C=O) groups is 3. The van der Waals surface area contributed by atoms with Crippen molar-refractivity contribution in [1.82, 2.24) is 25.6 Å². The first-order chi connectivity index (χ1) is 18.4. The molecular weight excluding hydrogens is 482 g/mol. The van der Waals surface area contributed by atoms with E-state index in [0.29, 0.717) is 11.4 Å². The number of ketones is 1. The van der Waals surface area contributed by atoms with E-state index < -0.39 is 23.6 Å². The van der Waals surface area contributed by atoms with Crippen LogP contribution in [0.2, 0.25) is 0 Å². The number of nitrogens with zero attached hydrogens (tertiary/aromatic N) is 3. The first-order valence-corrected chi connectivity index (χ1v) is 12.3. The van der Waals surface area contributed by atoms with Gasteiger partial charge in [0.05, 0.1) is 23.9 Å². The molecule has 4 rings (SSSR count). The highest BCUT2D eigenvalue weighted by molar-refractivity contribution is 6.36. The average molecular weight is 512 g/mol. The lowest BCUT2D eigenvalue weighted by molar-refractivity contribution is -0.146. The van der Waals surface area contributed by atoms with Gasteiger partial charge in [-0.3, -0.25) is 19.2 Å². The lowest BCUT2D eigenvalue weighted by Crippen LogP contribution is -2.36. The Morgan fingerprint density at radius 3 is 2.34 bits per heavy atom. The maximum atomic E-state index is 13.5. The molecular formula is C29H29N5O4. The zero-order chi connectivity index (χ0) is 26.9. The fourth-order valence-electron chi connectivity index (χ4n) is 3.74. The molecule has 9 nitrogen and oxygen atoms in total. The molecule has 4 aromatic rings. The van der Waals surface area contributed by atoms with E-state index in [4.69, 9.17) is 4.84 Å². The Balaban J connectivity index is 1.54. The quantitative estimate of drug-likeness (QED) is 0.232. The Kier molecular flexibility index (Phi) is 8.73. The third-order valence-electron chi connectivity index (χ3n) is 5.64. The first-order valence-electron chi connectivity index (χ1n) is 12.3. The zero-order valence-corrected chi connectivity index (χ0v) is 21.2. The molecule has 1 atom stereocenters. The van der Waals surface area contributed by atoms with E-state index in [1.807, 2.05) is 56.3 Å². The molecule has 0 aliphatic rings. The molecule has 0 saturated heterocycles. The number of hydrogen-bond acceptors (Lipinski definition) is 6. The Labute approximate surface area is 220 Å². The number of hydrogen-bond donors (Lipinski definition) is 2. The summed E-state index contributed by atoms with van der Waals surface area (Å²) in [4.78, 5) is 47.9. The van der Waals surface area contributed by atoms with Crippen LogP contribution in [0.25, 0.3) is 17.1 Å². The summed E-state index contributed by atoms with van der Waals surface area (Å²) in [5.41, 5.74) is 4.81. The predicted molar refractivity (Wildman–Crippen MR) is 142 cm³/mol. The minimum atomic E-state index is -0.868. The number of Topliss-reactive ketones (excluding diaryl/α,β-unsaturated/α-hetero) is 1. The topological polar surface area (TPSA) is 115 Å². The van der Waals surface area contributed by atoms with Crippen molar-refractivity contribution in [3.8, 4) is 17.1 Å². The predicted octanol–water partition coefficient (Wildman–Crippen LogP) is 4.07. The van der Waals surface area contributed by atoms with Crippen LogP contribution in [0.1, 0.15) is 42.2 Å². The molecule has 0 saturated carbocycles. The summed E-state index contributed by atoms with van der Waals surface area (Å²) in [6.45, 7) is 4.13. The van der Waals surface area contributed by atoms with Gasteiger partial charge in [-0.25, -0.2) is 15.1 Å². The lowest BCUT2D eigenvalue weighted by Gasteiger charge is -2.19. The van der Waals surface area contributed by atoms with E-state index in [2.05, 4.69) is 20.9 Å². The van der Waals surface area contributed by atoms with Crippen LogP contribution in [0.3, 0.4) is 0 Å². The number of nitrogens with one attached hydrogen (secondary N) is 2. The molecule has 0 bridgehead atoms. The number of pyridine rings is 1. The number of carbonyl (C=O) groups excluding carboxylic acids is 3. The van der Waals surface area contributed by atoms with Gasteiger partial charge in [0.1, 0.15) is 0 Å². The smallest absolute Gasteiger partial charge is 0.310 e. The van der Waals surface area contributed by atoms with Gasteiger partial charge in [-0.05, 0) is 29.7 Å². The molecule has 0 fully saturated rings. The van der Waals surface area contributed by atoms with Gasteiger partial charge in [0.2, 0.25) is 5.78 Å². The number of benzene rings is 2. The summed E-state index contributed by atoms with van der Waals surface area (Å²) < 4.78 is 1.54. The summed E-state index contributed by atoms with van der Waals surface area (Å²) in [5, 5.41) is 7.49.